The van der Waals surface area contributed by atoms with Crippen molar-refractivity contribution in [2.45, 2.75) is 32.9 Å². The Bertz CT molecular complexity index is 1110. The van der Waals surface area contributed by atoms with Gasteiger partial charge in [0.2, 0.25) is 0 Å². The molecule has 4 rings (SSSR count). The van der Waals surface area contributed by atoms with Gasteiger partial charge in [-0.15, -0.1) is 0 Å². The quantitative estimate of drug-likeness (QED) is 0.598. The molecule has 8 nitrogen and oxygen atoms in total. The zero-order chi connectivity index (χ0) is 22.7. The van der Waals surface area contributed by atoms with E-state index in [-0.39, 0.29) is 30.5 Å². The topological polar surface area (TPSA) is 93.9 Å². The molecule has 1 aromatic heterocycles. The lowest BCUT2D eigenvalue weighted by Gasteiger charge is -2.30. The minimum absolute atomic E-state index is 0.127. The van der Waals surface area contributed by atoms with Crippen LogP contribution in [-0.2, 0) is 22.5 Å². The molecule has 2 aromatic carbocycles. The summed E-state index contributed by atoms with van der Waals surface area (Å²) in [5.74, 6) is -0.0700. The number of aromatic nitrogens is 2. The number of carbonyl (C=O) groups is 2. The van der Waals surface area contributed by atoms with Crippen LogP contribution in [0.1, 0.15) is 35.6 Å². The van der Waals surface area contributed by atoms with E-state index in [1.54, 1.807) is 35.6 Å². The van der Waals surface area contributed by atoms with E-state index in [1.807, 2.05) is 30.3 Å². The van der Waals surface area contributed by atoms with Crippen LogP contribution in [0, 0.1) is 0 Å². The molecular weight excluding hydrogens is 410 g/mol. The molecule has 32 heavy (non-hydrogen) atoms. The molecular formula is C24H25N3O5. The molecule has 8 heteroatoms. The maximum Gasteiger partial charge on any atom is 0.359 e. The highest BCUT2D eigenvalue weighted by atomic mass is 16.5. The van der Waals surface area contributed by atoms with Crippen molar-refractivity contribution >= 4 is 11.9 Å². The third-order valence-corrected chi connectivity index (χ3v) is 5.34. The third-order valence-electron chi connectivity index (χ3n) is 5.34. The second-order valence-electron chi connectivity index (χ2n) is 7.51. The Labute approximate surface area is 186 Å². The average Bonchev–Trinajstić information content (AvgIpc) is 3.20. The molecule has 1 unspecified atom stereocenters. The molecule has 166 valence electrons. The van der Waals surface area contributed by atoms with Crippen molar-refractivity contribution in [3.05, 3.63) is 71.5 Å². The monoisotopic (exact) mass is 435 g/mol. The lowest BCUT2D eigenvalue weighted by Crippen LogP contribution is -2.43. The molecule has 1 aliphatic rings. The molecule has 0 aliphatic carbocycles. The fourth-order valence-corrected chi connectivity index (χ4v) is 3.79. The Balaban J connectivity index is 1.59. The summed E-state index contributed by atoms with van der Waals surface area (Å²) < 4.78 is 12.7. The maximum atomic E-state index is 13.1. The summed E-state index contributed by atoms with van der Waals surface area (Å²) >= 11 is 0. The van der Waals surface area contributed by atoms with Crippen molar-refractivity contribution in [2.24, 2.45) is 0 Å². The van der Waals surface area contributed by atoms with Crippen LogP contribution >= 0.6 is 0 Å². The molecule has 0 bridgehead atoms. The van der Waals surface area contributed by atoms with E-state index in [4.69, 9.17) is 9.47 Å². The minimum Gasteiger partial charge on any atom is -0.508 e. The number of rotatable bonds is 6. The molecule has 1 atom stereocenters. The highest BCUT2D eigenvalue weighted by Gasteiger charge is 2.33. The van der Waals surface area contributed by atoms with E-state index in [0.717, 1.165) is 11.4 Å². The van der Waals surface area contributed by atoms with Gasteiger partial charge in [-0.2, -0.15) is 5.10 Å². The van der Waals surface area contributed by atoms with Gasteiger partial charge in [0.15, 0.2) is 11.8 Å². The van der Waals surface area contributed by atoms with Gasteiger partial charge in [0, 0.05) is 18.5 Å². The number of phenols is 1. The molecule has 1 aliphatic heterocycles. The summed E-state index contributed by atoms with van der Waals surface area (Å²) in [5.41, 5.74) is 2.68. The van der Waals surface area contributed by atoms with Crippen molar-refractivity contribution in [3.8, 4) is 17.2 Å². The highest BCUT2D eigenvalue weighted by Crippen LogP contribution is 2.27. The van der Waals surface area contributed by atoms with Gasteiger partial charge in [0.1, 0.15) is 11.5 Å². The Morgan fingerprint density at radius 2 is 1.84 bits per heavy atom. The predicted octanol–water partition coefficient (Wildman–Crippen LogP) is 3.11. The van der Waals surface area contributed by atoms with Crippen LogP contribution in [0.3, 0.4) is 0 Å². The zero-order valence-electron chi connectivity index (χ0n) is 18.0. The van der Waals surface area contributed by atoms with Gasteiger partial charge in [-0.05, 0) is 50.2 Å². The standard InChI is InChI=1S/C24H25N3O5/c1-3-31-24(30)22-20-15-26(23(29)16(2)32-19-11-9-18(28)10-12-19)14-13-21(20)27(25-22)17-7-5-4-6-8-17/h4-12,16,28H,3,13-15H2,1-2H3. The minimum atomic E-state index is -0.726. The normalized spacial score (nSPS) is 13.9. The predicted molar refractivity (Wildman–Crippen MR) is 117 cm³/mol. The lowest BCUT2D eigenvalue weighted by molar-refractivity contribution is -0.138. The van der Waals surface area contributed by atoms with Crippen LogP contribution in [-0.4, -0.2) is 50.9 Å². The van der Waals surface area contributed by atoms with Gasteiger partial charge in [-0.1, -0.05) is 18.2 Å². The molecule has 0 saturated heterocycles. The SMILES string of the molecule is CCOC(=O)c1nn(-c2ccccc2)c2c1CN(C(=O)C(C)Oc1ccc(O)cc1)CC2. The van der Waals surface area contributed by atoms with Crippen molar-refractivity contribution in [3.63, 3.8) is 0 Å². The van der Waals surface area contributed by atoms with Gasteiger partial charge in [-0.25, -0.2) is 9.48 Å². The molecule has 1 amide bonds. The molecule has 2 heterocycles. The molecule has 0 spiro atoms. The summed E-state index contributed by atoms with van der Waals surface area (Å²) in [5, 5.41) is 14.0. The summed E-state index contributed by atoms with van der Waals surface area (Å²) in [7, 11) is 0. The van der Waals surface area contributed by atoms with Gasteiger partial charge >= 0.3 is 5.97 Å². The fraction of sp³-hybridized carbons (Fsp3) is 0.292. The Morgan fingerprint density at radius 1 is 1.12 bits per heavy atom. The third kappa shape index (κ3) is 4.30. The Kier molecular flexibility index (Phi) is 6.11. The van der Waals surface area contributed by atoms with Gasteiger partial charge in [0.05, 0.1) is 24.5 Å². The average molecular weight is 435 g/mol. The summed E-state index contributed by atoms with van der Waals surface area (Å²) in [6, 6.07) is 15.8. The Morgan fingerprint density at radius 3 is 2.53 bits per heavy atom. The molecule has 0 saturated carbocycles. The smallest absolute Gasteiger partial charge is 0.359 e. The van der Waals surface area contributed by atoms with Crippen LogP contribution in [0.4, 0.5) is 0 Å². The number of para-hydroxylation sites is 1. The van der Waals surface area contributed by atoms with E-state index in [1.165, 1.54) is 12.1 Å². The number of hydrogen-bond donors (Lipinski definition) is 1. The first kappa shape index (κ1) is 21.4. The number of benzene rings is 2. The number of fused-ring (bicyclic) bond motifs is 1. The van der Waals surface area contributed by atoms with Crippen molar-refractivity contribution in [1.82, 2.24) is 14.7 Å². The molecule has 0 radical (unpaired) electrons. The van der Waals surface area contributed by atoms with Crippen molar-refractivity contribution < 1.29 is 24.2 Å². The lowest BCUT2D eigenvalue weighted by atomic mass is 10.0. The largest absolute Gasteiger partial charge is 0.508 e. The van der Waals surface area contributed by atoms with E-state index < -0.39 is 12.1 Å². The van der Waals surface area contributed by atoms with Crippen LogP contribution in [0.15, 0.2) is 54.6 Å². The number of ether oxygens (including phenoxy) is 2. The Hall–Kier alpha value is -3.81. The number of aromatic hydroxyl groups is 1. The van der Waals surface area contributed by atoms with E-state index >= 15 is 0 Å². The summed E-state index contributed by atoms with van der Waals surface area (Å²) in [4.78, 5) is 27.3. The van der Waals surface area contributed by atoms with Crippen LogP contribution in [0.2, 0.25) is 0 Å². The first-order chi connectivity index (χ1) is 15.5. The van der Waals surface area contributed by atoms with Crippen LogP contribution in [0.25, 0.3) is 5.69 Å². The van der Waals surface area contributed by atoms with E-state index in [2.05, 4.69) is 5.10 Å². The number of esters is 1. The number of hydrogen-bond acceptors (Lipinski definition) is 6. The summed E-state index contributed by atoms with van der Waals surface area (Å²) in [6.45, 7) is 4.40. The van der Waals surface area contributed by atoms with Crippen LogP contribution in [0.5, 0.6) is 11.5 Å². The van der Waals surface area contributed by atoms with Gasteiger partial charge in [-0.3, -0.25) is 4.79 Å². The number of phenolic OH excluding ortho intramolecular Hbond substituents is 1. The van der Waals surface area contributed by atoms with Crippen molar-refractivity contribution in [1.29, 1.82) is 0 Å². The van der Waals surface area contributed by atoms with E-state index in [0.29, 0.717) is 24.3 Å². The number of amides is 1. The van der Waals surface area contributed by atoms with Crippen LogP contribution < -0.4 is 4.74 Å². The first-order valence-corrected chi connectivity index (χ1v) is 10.6. The first-order valence-electron chi connectivity index (χ1n) is 10.6. The van der Waals surface area contributed by atoms with E-state index in [9.17, 15) is 14.7 Å². The maximum absolute atomic E-state index is 13.1. The number of carbonyl (C=O) groups excluding carboxylic acids is 2. The molecule has 1 N–H and O–H groups in total. The highest BCUT2D eigenvalue weighted by molar-refractivity contribution is 5.90. The van der Waals surface area contributed by atoms with Gasteiger partial charge in [0.25, 0.3) is 5.91 Å². The fourth-order valence-electron chi connectivity index (χ4n) is 3.79. The van der Waals surface area contributed by atoms with Crippen molar-refractivity contribution in [2.75, 3.05) is 13.2 Å². The molecule has 0 fully saturated rings. The second kappa shape index (κ2) is 9.13. The second-order valence-corrected chi connectivity index (χ2v) is 7.51. The van der Waals surface area contributed by atoms with Gasteiger partial charge < -0.3 is 19.5 Å². The zero-order valence-corrected chi connectivity index (χ0v) is 18.0. The molecule has 3 aromatic rings. The number of nitrogens with zero attached hydrogens (tertiary/aromatic N) is 3. The summed E-state index contributed by atoms with van der Waals surface area (Å²) in [6.07, 6.45) is -0.176.